The van der Waals surface area contributed by atoms with Crippen LogP contribution < -0.4 is 0 Å². The second kappa shape index (κ2) is 3.72. The molecule has 1 aliphatic heterocycles. The van der Waals surface area contributed by atoms with Crippen LogP contribution in [0.5, 0.6) is 0 Å². The summed E-state index contributed by atoms with van der Waals surface area (Å²) in [5, 5.41) is 8.93. The largest absolute Gasteiger partial charge is 0.396 e. The van der Waals surface area contributed by atoms with Gasteiger partial charge < -0.3 is 5.11 Å². The number of hydrogen-bond acceptors (Lipinski definition) is 2. The van der Waals surface area contributed by atoms with Gasteiger partial charge in [0.05, 0.1) is 0 Å². The van der Waals surface area contributed by atoms with Crippen LogP contribution in [-0.2, 0) is 0 Å². The van der Waals surface area contributed by atoms with E-state index in [0.29, 0.717) is 12.5 Å². The quantitative estimate of drug-likeness (QED) is 0.781. The molecule has 1 aromatic rings. The summed E-state index contributed by atoms with van der Waals surface area (Å²) in [6.07, 6.45) is 0.908. The molecule has 0 saturated carbocycles. The highest BCUT2D eigenvalue weighted by molar-refractivity contribution is 7.99. The van der Waals surface area contributed by atoms with E-state index in [4.69, 9.17) is 5.11 Å². The van der Waals surface area contributed by atoms with E-state index >= 15 is 0 Å². The minimum atomic E-state index is 0.305. The lowest BCUT2D eigenvalue weighted by Crippen LogP contribution is -2.01. The average molecular weight is 194 g/mol. The van der Waals surface area contributed by atoms with Crippen molar-refractivity contribution >= 4 is 11.8 Å². The lowest BCUT2D eigenvalue weighted by molar-refractivity contribution is 0.279. The Morgan fingerprint density at radius 1 is 1.54 bits per heavy atom. The van der Waals surface area contributed by atoms with Crippen molar-refractivity contribution in [1.29, 1.82) is 0 Å². The summed E-state index contributed by atoms with van der Waals surface area (Å²) in [6.45, 7) is 2.47. The molecule has 13 heavy (non-hydrogen) atoms. The fourth-order valence-corrected chi connectivity index (χ4v) is 3.33. The smallest absolute Gasteiger partial charge is 0.0437 e. The first-order valence-corrected chi connectivity index (χ1v) is 5.64. The van der Waals surface area contributed by atoms with Crippen molar-refractivity contribution in [1.82, 2.24) is 0 Å². The molecule has 0 bridgehead atoms. The summed E-state index contributed by atoms with van der Waals surface area (Å²) >= 11 is 1.92. The van der Waals surface area contributed by atoms with Crippen molar-refractivity contribution in [3.05, 3.63) is 29.3 Å². The van der Waals surface area contributed by atoms with Crippen molar-refractivity contribution in [3.8, 4) is 0 Å². The van der Waals surface area contributed by atoms with E-state index in [9.17, 15) is 0 Å². The third-order valence-electron chi connectivity index (χ3n) is 2.61. The van der Waals surface area contributed by atoms with Gasteiger partial charge in [0.2, 0.25) is 0 Å². The molecule has 2 rings (SSSR count). The van der Waals surface area contributed by atoms with Crippen LogP contribution in [0.4, 0.5) is 0 Å². The number of rotatable bonds is 2. The monoisotopic (exact) mass is 194 g/mol. The molecular formula is C11H14OS. The minimum Gasteiger partial charge on any atom is -0.396 e. The molecule has 1 N–H and O–H groups in total. The minimum absolute atomic E-state index is 0.305. The third kappa shape index (κ3) is 1.61. The fraction of sp³-hybridized carbons (Fsp3) is 0.455. The van der Waals surface area contributed by atoms with Crippen molar-refractivity contribution < 1.29 is 5.11 Å². The molecule has 0 fully saturated rings. The van der Waals surface area contributed by atoms with E-state index in [1.165, 1.54) is 16.0 Å². The molecule has 1 nitrogen and oxygen atoms in total. The standard InChI is InChI=1S/C11H14OS/c1-8-3-2-4-10-11(8)9(5-6-12)7-13-10/h2-4,9,12H,5-7H2,1H3. The van der Waals surface area contributed by atoms with Crippen LogP contribution in [0.3, 0.4) is 0 Å². The Hall–Kier alpha value is -0.470. The van der Waals surface area contributed by atoms with Gasteiger partial charge in [0.1, 0.15) is 0 Å². The molecule has 0 aromatic heterocycles. The molecule has 0 spiro atoms. The molecule has 1 heterocycles. The Kier molecular flexibility index (Phi) is 2.61. The van der Waals surface area contributed by atoms with Crippen LogP contribution in [0.1, 0.15) is 23.5 Å². The van der Waals surface area contributed by atoms with Crippen LogP contribution >= 0.6 is 11.8 Å². The summed E-state index contributed by atoms with van der Waals surface area (Å²) in [5.74, 6) is 1.71. The third-order valence-corrected chi connectivity index (χ3v) is 3.85. The van der Waals surface area contributed by atoms with Crippen molar-refractivity contribution in [2.24, 2.45) is 0 Å². The van der Waals surface area contributed by atoms with Gasteiger partial charge in [0.25, 0.3) is 0 Å². The van der Waals surface area contributed by atoms with Gasteiger partial charge in [-0.3, -0.25) is 0 Å². The maximum Gasteiger partial charge on any atom is 0.0437 e. The molecule has 0 radical (unpaired) electrons. The van der Waals surface area contributed by atoms with E-state index in [-0.39, 0.29) is 0 Å². The maximum atomic E-state index is 8.93. The Bertz CT molecular complexity index is 307. The lowest BCUT2D eigenvalue weighted by atomic mass is 9.94. The second-order valence-corrected chi connectivity index (χ2v) is 4.57. The Labute approximate surface area is 83.2 Å². The van der Waals surface area contributed by atoms with E-state index in [0.717, 1.165) is 12.2 Å². The van der Waals surface area contributed by atoms with Crippen LogP contribution in [0, 0.1) is 6.92 Å². The summed E-state index contributed by atoms with van der Waals surface area (Å²) in [4.78, 5) is 1.42. The van der Waals surface area contributed by atoms with E-state index < -0.39 is 0 Å². The molecule has 0 amide bonds. The normalized spacial score (nSPS) is 20.3. The molecule has 1 unspecified atom stereocenters. The number of aryl methyl sites for hydroxylation is 1. The van der Waals surface area contributed by atoms with Gasteiger partial charge in [-0.05, 0) is 36.5 Å². The number of hydrogen-bond donors (Lipinski definition) is 1. The Morgan fingerprint density at radius 2 is 2.38 bits per heavy atom. The highest BCUT2D eigenvalue weighted by Gasteiger charge is 2.23. The highest BCUT2D eigenvalue weighted by Crippen LogP contribution is 2.42. The van der Waals surface area contributed by atoms with Gasteiger partial charge in [-0.25, -0.2) is 0 Å². The first kappa shape index (κ1) is 9.10. The fourth-order valence-electron chi connectivity index (χ4n) is 1.96. The average Bonchev–Trinajstić information content (AvgIpc) is 2.51. The summed E-state index contributed by atoms with van der Waals surface area (Å²) in [6, 6.07) is 6.46. The molecule has 0 saturated heterocycles. The van der Waals surface area contributed by atoms with Gasteiger partial charge in [-0.1, -0.05) is 12.1 Å². The zero-order valence-electron chi connectivity index (χ0n) is 7.79. The SMILES string of the molecule is Cc1cccc2c1C(CCO)CS2. The molecule has 1 atom stereocenters. The van der Waals surface area contributed by atoms with E-state index in [1.807, 2.05) is 11.8 Å². The van der Waals surface area contributed by atoms with E-state index in [1.54, 1.807) is 0 Å². The predicted molar refractivity (Wildman–Crippen MR) is 56.3 cm³/mol. The molecular weight excluding hydrogens is 180 g/mol. The van der Waals surface area contributed by atoms with Gasteiger partial charge in [0, 0.05) is 17.3 Å². The number of benzene rings is 1. The lowest BCUT2D eigenvalue weighted by Gasteiger charge is -2.10. The number of aliphatic hydroxyl groups excluding tert-OH is 1. The topological polar surface area (TPSA) is 20.2 Å². The predicted octanol–water partition coefficient (Wildman–Crippen LogP) is 2.57. The van der Waals surface area contributed by atoms with Gasteiger partial charge >= 0.3 is 0 Å². The maximum absolute atomic E-state index is 8.93. The van der Waals surface area contributed by atoms with E-state index in [2.05, 4.69) is 25.1 Å². The summed E-state index contributed by atoms with van der Waals surface area (Å²) in [5.41, 5.74) is 2.85. The Balaban J connectivity index is 2.34. The second-order valence-electron chi connectivity index (χ2n) is 3.51. The summed E-state index contributed by atoms with van der Waals surface area (Å²) < 4.78 is 0. The molecule has 1 aromatic carbocycles. The molecule has 70 valence electrons. The van der Waals surface area contributed by atoms with Gasteiger partial charge in [-0.15, -0.1) is 11.8 Å². The zero-order chi connectivity index (χ0) is 9.26. The van der Waals surface area contributed by atoms with Crippen LogP contribution in [0.15, 0.2) is 23.1 Å². The van der Waals surface area contributed by atoms with Gasteiger partial charge in [0.15, 0.2) is 0 Å². The van der Waals surface area contributed by atoms with Gasteiger partial charge in [-0.2, -0.15) is 0 Å². The highest BCUT2D eigenvalue weighted by atomic mass is 32.2. The van der Waals surface area contributed by atoms with Crippen LogP contribution in [-0.4, -0.2) is 17.5 Å². The molecule has 1 aliphatic rings. The first-order chi connectivity index (χ1) is 6.33. The molecule has 0 aliphatic carbocycles. The van der Waals surface area contributed by atoms with Crippen LogP contribution in [0.25, 0.3) is 0 Å². The zero-order valence-corrected chi connectivity index (χ0v) is 8.60. The van der Waals surface area contributed by atoms with Crippen molar-refractivity contribution in [3.63, 3.8) is 0 Å². The van der Waals surface area contributed by atoms with Crippen LogP contribution in [0.2, 0.25) is 0 Å². The number of aliphatic hydroxyl groups is 1. The Morgan fingerprint density at radius 3 is 3.15 bits per heavy atom. The van der Waals surface area contributed by atoms with Crippen molar-refractivity contribution in [2.45, 2.75) is 24.2 Å². The number of fused-ring (bicyclic) bond motifs is 1. The first-order valence-electron chi connectivity index (χ1n) is 4.66. The number of thioether (sulfide) groups is 1. The summed E-state index contributed by atoms with van der Waals surface area (Å²) in [7, 11) is 0. The van der Waals surface area contributed by atoms with Crippen molar-refractivity contribution in [2.75, 3.05) is 12.4 Å². The molecule has 2 heteroatoms.